The van der Waals surface area contributed by atoms with Crippen LogP contribution in [-0.2, 0) is 4.79 Å². The summed E-state index contributed by atoms with van der Waals surface area (Å²) in [4.78, 5) is 14.7. The smallest absolute Gasteiger partial charge is 0.211 e. The van der Waals surface area contributed by atoms with Crippen molar-refractivity contribution in [3.05, 3.63) is 35.0 Å². The van der Waals surface area contributed by atoms with E-state index in [2.05, 4.69) is 10.3 Å². The maximum Gasteiger partial charge on any atom is 0.211 e. The number of amides is 1. The maximum absolute atomic E-state index is 10.5. The zero-order chi connectivity index (χ0) is 10.8. The minimum Gasteiger partial charge on any atom is -0.327 e. The first-order chi connectivity index (χ1) is 7.24. The highest BCUT2D eigenvalue weighted by molar-refractivity contribution is 6.35. The van der Waals surface area contributed by atoms with Gasteiger partial charge in [0.1, 0.15) is 0 Å². The number of pyridine rings is 1. The SMILES string of the molecule is Cc1cc(Cl)c(NC=O)c2cccnc12. The third kappa shape index (κ3) is 1.66. The van der Waals surface area contributed by atoms with E-state index < -0.39 is 0 Å². The summed E-state index contributed by atoms with van der Waals surface area (Å²) < 4.78 is 0. The van der Waals surface area contributed by atoms with Crippen molar-refractivity contribution >= 4 is 34.6 Å². The molecule has 0 aliphatic heterocycles. The normalized spacial score (nSPS) is 10.3. The van der Waals surface area contributed by atoms with E-state index in [0.717, 1.165) is 16.5 Å². The van der Waals surface area contributed by atoms with Crippen LogP contribution < -0.4 is 5.32 Å². The molecule has 2 rings (SSSR count). The second-order valence-corrected chi connectivity index (χ2v) is 3.62. The average Bonchev–Trinajstić information content (AvgIpc) is 2.24. The van der Waals surface area contributed by atoms with Crippen LogP contribution in [0, 0.1) is 6.92 Å². The van der Waals surface area contributed by atoms with Crippen LogP contribution in [0.4, 0.5) is 5.69 Å². The Hall–Kier alpha value is -1.61. The minimum absolute atomic E-state index is 0.528. The first-order valence-electron chi connectivity index (χ1n) is 4.48. The van der Waals surface area contributed by atoms with Crippen LogP contribution in [0.1, 0.15) is 5.56 Å². The Morgan fingerprint density at radius 3 is 3.07 bits per heavy atom. The summed E-state index contributed by atoms with van der Waals surface area (Å²) in [7, 11) is 0. The number of rotatable bonds is 2. The van der Waals surface area contributed by atoms with Crippen molar-refractivity contribution in [2.24, 2.45) is 0 Å². The molecule has 0 unspecified atom stereocenters. The molecule has 1 aromatic heterocycles. The average molecular weight is 221 g/mol. The van der Waals surface area contributed by atoms with Gasteiger partial charge in [-0.2, -0.15) is 0 Å². The summed E-state index contributed by atoms with van der Waals surface area (Å²) >= 11 is 6.04. The third-order valence-corrected chi connectivity index (χ3v) is 2.53. The second kappa shape index (κ2) is 3.87. The molecule has 0 aliphatic rings. The summed E-state index contributed by atoms with van der Waals surface area (Å²) in [5, 5.41) is 3.98. The monoisotopic (exact) mass is 220 g/mol. The van der Waals surface area contributed by atoms with Gasteiger partial charge in [0.25, 0.3) is 0 Å². The van der Waals surface area contributed by atoms with E-state index >= 15 is 0 Å². The molecule has 0 radical (unpaired) electrons. The van der Waals surface area contributed by atoms with Crippen molar-refractivity contribution in [2.75, 3.05) is 5.32 Å². The van der Waals surface area contributed by atoms with Crippen molar-refractivity contribution in [1.82, 2.24) is 4.98 Å². The molecule has 1 heterocycles. The highest BCUT2D eigenvalue weighted by atomic mass is 35.5. The van der Waals surface area contributed by atoms with Gasteiger partial charge in [-0.3, -0.25) is 9.78 Å². The van der Waals surface area contributed by atoms with E-state index in [1.807, 2.05) is 19.1 Å². The van der Waals surface area contributed by atoms with E-state index in [4.69, 9.17) is 11.6 Å². The molecule has 0 spiro atoms. The molecular weight excluding hydrogens is 212 g/mol. The molecule has 1 N–H and O–H groups in total. The van der Waals surface area contributed by atoms with E-state index in [1.54, 1.807) is 12.3 Å². The first-order valence-corrected chi connectivity index (χ1v) is 4.86. The number of nitrogens with zero attached hydrogens (tertiary/aromatic N) is 1. The molecule has 0 saturated heterocycles. The molecule has 15 heavy (non-hydrogen) atoms. The number of fused-ring (bicyclic) bond motifs is 1. The highest BCUT2D eigenvalue weighted by Crippen LogP contribution is 2.31. The lowest BCUT2D eigenvalue weighted by Crippen LogP contribution is -1.97. The number of aromatic nitrogens is 1. The number of aryl methyl sites for hydroxylation is 1. The fraction of sp³-hybridized carbons (Fsp3) is 0.0909. The van der Waals surface area contributed by atoms with Crippen LogP contribution in [0.2, 0.25) is 5.02 Å². The van der Waals surface area contributed by atoms with Crippen LogP contribution >= 0.6 is 11.6 Å². The van der Waals surface area contributed by atoms with Gasteiger partial charge in [-0.1, -0.05) is 11.6 Å². The van der Waals surface area contributed by atoms with Crippen molar-refractivity contribution in [3.63, 3.8) is 0 Å². The molecule has 0 bridgehead atoms. The van der Waals surface area contributed by atoms with Gasteiger partial charge < -0.3 is 5.32 Å². The minimum atomic E-state index is 0.528. The molecule has 0 aliphatic carbocycles. The fourth-order valence-electron chi connectivity index (χ4n) is 1.59. The number of nitrogens with one attached hydrogen (secondary N) is 1. The number of carbonyl (C=O) groups is 1. The second-order valence-electron chi connectivity index (χ2n) is 3.21. The Kier molecular flexibility index (Phi) is 2.56. The van der Waals surface area contributed by atoms with Crippen LogP contribution in [-0.4, -0.2) is 11.4 Å². The van der Waals surface area contributed by atoms with Gasteiger partial charge in [-0.15, -0.1) is 0 Å². The van der Waals surface area contributed by atoms with Crippen molar-refractivity contribution in [1.29, 1.82) is 0 Å². The summed E-state index contributed by atoms with van der Waals surface area (Å²) in [5.74, 6) is 0. The Morgan fingerprint density at radius 2 is 2.33 bits per heavy atom. The molecule has 4 heteroatoms. The molecule has 76 valence electrons. The first kappa shape index (κ1) is 9.93. The predicted octanol–water partition coefficient (Wildman–Crippen LogP) is 2.76. The van der Waals surface area contributed by atoms with E-state index in [-0.39, 0.29) is 0 Å². The molecule has 1 amide bonds. The van der Waals surface area contributed by atoms with Gasteiger partial charge in [-0.25, -0.2) is 0 Å². The maximum atomic E-state index is 10.5. The number of hydrogen-bond acceptors (Lipinski definition) is 2. The Balaban J connectivity index is 2.83. The molecule has 0 fully saturated rings. The van der Waals surface area contributed by atoms with Crippen LogP contribution in [0.3, 0.4) is 0 Å². The molecule has 3 nitrogen and oxygen atoms in total. The zero-order valence-corrected chi connectivity index (χ0v) is 8.88. The summed E-state index contributed by atoms with van der Waals surface area (Å²) in [6.45, 7) is 1.94. The van der Waals surface area contributed by atoms with Crippen LogP contribution in [0.5, 0.6) is 0 Å². The van der Waals surface area contributed by atoms with Gasteiger partial charge in [0.05, 0.1) is 16.2 Å². The summed E-state index contributed by atoms with van der Waals surface area (Å²) in [5.41, 5.74) is 2.46. The lowest BCUT2D eigenvalue weighted by molar-refractivity contribution is -0.105. The van der Waals surface area contributed by atoms with Crippen molar-refractivity contribution in [2.45, 2.75) is 6.92 Å². The van der Waals surface area contributed by atoms with Crippen molar-refractivity contribution in [3.8, 4) is 0 Å². The number of anilines is 1. The van der Waals surface area contributed by atoms with Crippen molar-refractivity contribution < 1.29 is 4.79 Å². The zero-order valence-electron chi connectivity index (χ0n) is 8.12. The van der Waals surface area contributed by atoms with E-state index in [0.29, 0.717) is 17.1 Å². The lowest BCUT2D eigenvalue weighted by Gasteiger charge is -2.08. The van der Waals surface area contributed by atoms with Gasteiger partial charge in [0, 0.05) is 11.6 Å². The molecular formula is C11H9ClN2O. The molecule has 2 aromatic rings. The lowest BCUT2D eigenvalue weighted by atomic mass is 10.1. The van der Waals surface area contributed by atoms with Gasteiger partial charge in [-0.05, 0) is 30.7 Å². The van der Waals surface area contributed by atoms with E-state index in [9.17, 15) is 4.79 Å². The fourth-order valence-corrected chi connectivity index (χ4v) is 1.91. The number of halogens is 1. The van der Waals surface area contributed by atoms with Gasteiger partial charge >= 0.3 is 0 Å². The Labute approximate surface area is 92.1 Å². The highest BCUT2D eigenvalue weighted by Gasteiger charge is 2.08. The summed E-state index contributed by atoms with van der Waals surface area (Å²) in [6.07, 6.45) is 2.33. The number of carbonyl (C=O) groups excluding carboxylic acids is 1. The molecule has 1 aromatic carbocycles. The number of benzene rings is 1. The predicted molar refractivity (Wildman–Crippen MR) is 61.2 cm³/mol. The number of hydrogen-bond donors (Lipinski definition) is 1. The largest absolute Gasteiger partial charge is 0.327 e. The van der Waals surface area contributed by atoms with Gasteiger partial charge in [0.2, 0.25) is 6.41 Å². The summed E-state index contributed by atoms with van der Waals surface area (Å²) in [6, 6.07) is 5.49. The van der Waals surface area contributed by atoms with E-state index in [1.165, 1.54) is 0 Å². The van der Waals surface area contributed by atoms with Crippen LogP contribution in [0.15, 0.2) is 24.4 Å². The Morgan fingerprint density at radius 1 is 1.53 bits per heavy atom. The van der Waals surface area contributed by atoms with Gasteiger partial charge in [0.15, 0.2) is 0 Å². The molecule has 0 saturated carbocycles. The quantitative estimate of drug-likeness (QED) is 0.791. The molecule has 0 atom stereocenters. The van der Waals surface area contributed by atoms with Crippen LogP contribution in [0.25, 0.3) is 10.9 Å². The third-order valence-electron chi connectivity index (χ3n) is 2.24. The standard InChI is InChI=1S/C11H9ClN2O/c1-7-5-9(12)11(14-6-15)8-3-2-4-13-10(7)8/h2-6H,1H3,(H,14,15). The Bertz CT molecular complexity index is 525. The topological polar surface area (TPSA) is 42.0 Å².